The third-order valence-corrected chi connectivity index (χ3v) is 7.06. The van der Waals surface area contributed by atoms with Gasteiger partial charge in [-0.3, -0.25) is 9.78 Å². The van der Waals surface area contributed by atoms with Crippen LogP contribution in [-0.2, 0) is 11.2 Å². The van der Waals surface area contributed by atoms with E-state index < -0.39 is 12.1 Å². The second-order valence-electron chi connectivity index (χ2n) is 9.35. The molecule has 1 fully saturated rings. The Morgan fingerprint density at radius 1 is 1.17 bits per heavy atom. The van der Waals surface area contributed by atoms with E-state index in [0.717, 1.165) is 73.4 Å². The monoisotopic (exact) mass is 478 g/mol. The lowest BCUT2D eigenvalue weighted by Crippen LogP contribution is -2.42. The molecule has 4 rings (SSSR count). The van der Waals surface area contributed by atoms with Crippen LogP contribution in [0.25, 0.3) is 10.9 Å². The smallest absolute Gasteiger partial charge is 0.303 e. The fraction of sp³-hybridized carbons (Fsp3) is 0.481. The number of rotatable bonds is 11. The highest BCUT2D eigenvalue weighted by Gasteiger charge is 2.31. The van der Waals surface area contributed by atoms with Crippen molar-refractivity contribution in [2.24, 2.45) is 11.8 Å². The first-order valence-electron chi connectivity index (χ1n) is 12.3. The van der Waals surface area contributed by atoms with Gasteiger partial charge >= 0.3 is 5.97 Å². The van der Waals surface area contributed by atoms with E-state index in [-0.39, 0.29) is 18.3 Å². The zero-order chi connectivity index (χ0) is 24.6. The number of pyridine rings is 1. The maximum absolute atomic E-state index is 11.6. The van der Waals surface area contributed by atoms with Crippen LogP contribution in [-0.4, -0.2) is 62.8 Å². The van der Waals surface area contributed by atoms with Crippen LogP contribution in [0.3, 0.4) is 0 Å². The van der Waals surface area contributed by atoms with Crippen LogP contribution in [0.4, 0.5) is 0 Å². The van der Waals surface area contributed by atoms with Gasteiger partial charge in [0, 0.05) is 43.4 Å². The second kappa shape index (κ2) is 12.0. The molecule has 0 bridgehead atoms. The molecule has 1 aliphatic rings. The number of aliphatic hydroxyl groups excluding tert-OH is 1. The number of hydrogen-bond donors (Lipinski definition) is 2. The van der Waals surface area contributed by atoms with Crippen molar-refractivity contribution < 1.29 is 19.7 Å². The highest BCUT2D eigenvalue weighted by Crippen LogP contribution is 2.34. The summed E-state index contributed by atoms with van der Waals surface area (Å²) < 4.78 is 5.35. The highest BCUT2D eigenvalue weighted by molar-refractivity contribution is 5.83. The van der Waals surface area contributed by atoms with Gasteiger partial charge in [-0.2, -0.15) is 0 Å². The van der Waals surface area contributed by atoms with E-state index >= 15 is 0 Å². The van der Waals surface area contributed by atoms with Gasteiger partial charge in [-0.25, -0.2) is 9.97 Å². The standard InChI is InChI=1S/C27H34N4O4/c1-35-21-6-7-24-23(17-21)22(9-13-28-24)25(32)8-5-19-10-15-31(18-20(19)16-27(33)34)14-2-4-26-29-11-3-12-30-26/h3,6-7,9,11-13,17,19-20,25,32H,2,4-5,8,10,14-16,18H2,1H3,(H,33,34)/t19-,20+,25-/m1/s1. The number of carboxylic acid groups (broad SMARTS) is 1. The lowest BCUT2D eigenvalue weighted by Gasteiger charge is -2.38. The lowest BCUT2D eigenvalue weighted by atomic mass is 9.79. The Labute approximate surface area is 206 Å². The number of carbonyl (C=O) groups is 1. The normalized spacial score (nSPS) is 19.5. The number of carboxylic acids is 1. The van der Waals surface area contributed by atoms with E-state index in [0.29, 0.717) is 6.42 Å². The number of aliphatic carboxylic acids is 1. The maximum atomic E-state index is 11.6. The molecule has 0 spiro atoms. The number of likely N-dealkylation sites (tertiary alicyclic amines) is 1. The topological polar surface area (TPSA) is 109 Å². The van der Waals surface area contributed by atoms with Gasteiger partial charge < -0.3 is 19.8 Å². The maximum Gasteiger partial charge on any atom is 0.303 e. The molecule has 0 amide bonds. The molecule has 2 aromatic heterocycles. The minimum Gasteiger partial charge on any atom is -0.497 e. The van der Waals surface area contributed by atoms with Gasteiger partial charge in [0.25, 0.3) is 0 Å². The number of piperidine rings is 1. The van der Waals surface area contributed by atoms with Crippen LogP contribution in [0, 0.1) is 11.8 Å². The molecule has 186 valence electrons. The molecule has 0 unspecified atom stereocenters. The van der Waals surface area contributed by atoms with E-state index in [1.165, 1.54) is 0 Å². The number of fused-ring (bicyclic) bond motifs is 1. The third-order valence-electron chi connectivity index (χ3n) is 7.06. The number of benzene rings is 1. The Kier molecular flexibility index (Phi) is 8.60. The van der Waals surface area contributed by atoms with Crippen LogP contribution in [0.1, 0.15) is 49.6 Å². The van der Waals surface area contributed by atoms with Crippen LogP contribution >= 0.6 is 0 Å². The number of ether oxygens (including phenoxy) is 1. The van der Waals surface area contributed by atoms with E-state index in [1.54, 1.807) is 25.7 Å². The van der Waals surface area contributed by atoms with E-state index in [1.807, 2.05) is 30.3 Å². The molecule has 1 aliphatic heterocycles. The molecule has 8 heteroatoms. The van der Waals surface area contributed by atoms with E-state index in [4.69, 9.17) is 4.74 Å². The molecule has 2 N–H and O–H groups in total. The Bertz CT molecular complexity index is 1110. The summed E-state index contributed by atoms with van der Waals surface area (Å²) in [6.45, 7) is 2.63. The largest absolute Gasteiger partial charge is 0.497 e. The number of methoxy groups -OCH3 is 1. The Morgan fingerprint density at radius 2 is 2.00 bits per heavy atom. The summed E-state index contributed by atoms with van der Waals surface area (Å²) in [5, 5.41) is 21.5. The molecule has 0 saturated carbocycles. The molecule has 8 nitrogen and oxygen atoms in total. The van der Waals surface area contributed by atoms with Gasteiger partial charge in [0.1, 0.15) is 11.6 Å². The fourth-order valence-corrected chi connectivity index (χ4v) is 5.21. The molecule has 35 heavy (non-hydrogen) atoms. The number of nitrogens with zero attached hydrogens (tertiary/aromatic N) is 4. The van der Waals surface area contributed by atoms with Gasteiger partial charge in [0.2, 0.25) is 0 Å². The lowest BCUT2D eigenvalue weighted by molar-refractivity contribution is -0.139. The average molecular weight is 479 g/mol. The molecule has 1 aromatic carbocycles. The summed E-state index contributed by atoms with van der Waals surface area (Å²) in [5.74, 6) is 1.17. The average Bonchev–Trinajstić information content (AvgIpc) is 2.87. The summed E-state index contributed by atoms with van der Waals surface area (Å²) in [7, 11) is 1.62. The van der Waals surface area contributed by atoms with Crippen LogP contribution in [0.15, 0.2) is 48.9 Å². The van der Waals surface area contributed by atoms with Gasteiger partial charge in [0.15, 0.2) is 0 Å². The second-order valence-corrected chi connectivity index (χ2v) is 9.35. The predicted molar refractivity (Wildman–Crippen MR) is 133 cm³/mol. The summed E-state index contributed by atoms with van der Waals surface area (Å²) in [6, 6.07) is 9.35. The van der Waals surface area contributed by atoms with Gasteiger partial charge in [-0.15, -0.1) is 0 Å². The molecular formula is C27H34N4O4. The minimum atomic E-state index is -0.757. The van der Waals surface area contributed by atoms with E-state index in [9.17, 15) is 15.0 Å². The zero-order valence-corrected chi connectivity index (χ0v) is 20.2. The van der Waals surface area contributed by atoms with Gasteiger partial charge in [0.05, 0.1) is 18.7 Å². The molecule has 0 aliphatic carbocycles. The van der Waals surface area contributed by atoms with Crippen molar-refractivity contribution in [3.63, 3.8) is 0 Å². The first kappa shape index (κ1) is 25.0. The molecule has 1 saturated heterocycles. The summed E-state index contributed by atoms with van der Waals surface area (Å²) in [4.78, 5) is 26.9. The van der Waals surface area contributed by atoms with Crippen LogP contribution in [0.5, 0.6) is 5.75 Å². The van der Waals surface area contributed by atoms with Crippen LogP contribution in [0.2, 0.25) is 0 Å². The Morgan fingerprint density at radius 3 is 2.77 bits per heavy atom. The predicted octanol–water partition coefficient (Wildman–Crippen LogP) is 3.89. The number of aromatic nitrogens is 3. The van der Waals surface area contributed by atoms with Crippen molar-refractivity contribution >= 4 is 16.9 Å². The van der Waals surface area contributed by atoms with Crippen molar-refractivity contribution in [1.82, 2.24) is 19.9 Å². The zero-order valence-electron chi connectivity index (χ0n) is 20.2. The number of aryl methyl sites for hydroxylation is 1. The SMILES string of the molecule is COc1ccc2nccc([C@H](O)CC[C@@H]3CCN(CCCc4ncccn4)C[C@@H]3CC(=O)O)c2c1. The summed E-state index contributed by atoms with van der Waals surface area (Å²) in [5.41, 5.74) is 1.66. The number of aliphatic hydroxyl groups is 1. The molecule has 0 radical (unpaired) electrons. The van der Waals surface area contributed by atoms with Crippen molar-refractivity contribution in [3.8, 4) is 5.75 Å². The summed E-state index contributed by atoms with van der Waals surface area (Å²) in [6.07, 6.45) is 8.86. The fourth-order valence-electron chi connectivity index (χ4n) is 5.21. The molecule has 3 aromatic rings. The van der Waals surface area contributed by atoms with Crippen molar-refractivity contribution in [3.05, 3.63) is 60.3 Å². The van der Waals surface area contributed by atoms with Crippen molar-refractivity contribution in [1.29, 1.82) is 0 Å². The molecule has 3 atom stereocenters. The van der Waals surface area contributed by atoms with Gasteiger partial charge in [-0.05, 0) is 86.5 Å². The van der Waals surface area contributed by atoms with Crippen LogP contribution < -0.4 is 4.74 Å². The Hall–Kier alpha value is -3.10. The highest BCUT2D eigenvalue weighted by atomic mass is 16.5. The van der Waals surface area contributed by atoms with Gasteiger partial charge in [-0.1, -0.05) is 0 Å². The molecular weight excluding hydrogens is 444 g/mol. The Balaban J connectivity index is 1.35. The van der Waals surface area contributed by atoms with E-state index in [2.05, 4.69) is 19.9 Å². The number of hydrogen-bond acceptors (Lipinski definition) is 7. The quantitative estimate of drug-likeness (QED) is 0.427. The van der Waals surface area contributed by atoms with Crippen molar-refractivity contribution in [2.75, 3.05) is 26.7 Å². The first-order chi connectivity index (χ1) is 17.0. The molecule has 3 heterocycles. The van der Waals surface area contributed by atoms with Crippen molar-refractivity contribution in [2.45, 2.75) is 44.6 Å². The summed E-state index contributed by atoms with van der Waals surface area (Å²) >= 11 is 0. The first-order valence-corrected chi connectivity index (χ1v) is 12.3. The third kappa shape index (κ3) is 6.74. The minimum absolute atomic E-state index is 0.0794.